The molecule has 0 spiro atoms. The summed E-state index contributed by atoms with van der Waals surface area (Å²) < 4.78 is 18.2. The molecule has 13 rings (SSSR count). The van der Waals surface area contributed by atoms with Crippen LogP contribution in [0.3, 0.4) is 0 Å². The molecular weight excluding hydrogens is 723 g/mol. The molecule has 0 N–H and O–H groups in total. The van der Waals surface area contributed by atoms with Crippen LogP contribution < -0.4 is 4.90 Å². The third-order valence-electron chi connectivity index (χ3n) is 12.1. The predicted octanol–water partition coefficient (Wildman–Crippen LogP) is 15.1. The van der Waals surface area contributed by atoms with Crippen molar-refractivity contribution in [2.45, 2.75) is 0 Å². The molecule has 9 aromatic carbocycles. The molecule has 0 bridgehead atoms. The predicted molar refractivity (Wildman–Crippen MR) is 244 cm³/mol. The average Bonchev–Trinajstić information content (AvgIpc) is 4.04. The second kappa shape index (κ2) is 12.2. The molecule has 59 heavy (non-hydrogen) atoms. The van der Waals surface area contributed by atoms with Crippen molar-refractivity contribution in [3.05, 3.63) is 200 Å². The summed E-state index contributed by atoms with van der Waals surface area (Å²) in [5.41, 5.74) is 13.5. The highest BCUT2D eigenvalue weighted by Crippen LogP contribution is 2.46. The van der Waals surface area contributed by atoms with Crippen LogP contribution in [0.5, 0.6) is 0 Å². The molecule has 0 aliphatic rings. The summed E-state index contributed by atoms with van der Waals surface area (Å²) in [6.45, 7) is 0. The van der Waals surface area contributed by atoms with Gasteiger partial charge in [-0.05, 0) is 103 Å². The van der Waals surface area contributed by atoms with Crippen LogP contribution in [0.25, 0.3) is 98.9 Å². The lowest BCUT2D eigenvalue weighted by Gasteiger charge is -2.26. The van der Waals surface area contributed by atoms with E-state index in [0.29, 0.717) is 0 Å². The van der Waals surface area contributed by atoms with Crippen LogP contribution in [-0.2, 0) is 0 Å². The van der Waals surface area contributed by atoms with Gasteiger partial charge in [0, 0.05) is 60.8 Å². The second-order valence-electron chi connectivity index (χ2n) is 15.3. The van der Waals surface area contributed by atoms with E-state index in [2.05, 4.69) is 202 Å². The molecule has 4 heterocycles. The molecule has 4 aromatic heterocycles. The highest BCUT2D eigenvalue weighted by molar-refractivity contribution is 6.29. The lowest BCUT2D eigenvalue weighted by atomic mass is 10.1. The maximum absolute atomic E-state index is 7.24. The quantitative estimate of drug-likeness (QED) is 0.176. The minimum Gasteiger partial charge on any atom is -0.456 e. The summed E-state index contributed by atoms with van der Waals surface area (Å²) >= 11 is 0. The Bertz CT molecular complexity index is 3750. The first-order valence-corrected chi connectivity index (χ1v) is 20.0. The van der Waals surface area contributed by atoms with Gasteiger partial charge in [-0.2, -0.15) is 0 Å². The Morgan fingerprint density at radius 3 is 1.44 bits per heavy atom. The standard InChI is InChI=1S/C54H33N3O2/c1-3-14-34(15-4-1)55(35-16-5-2-6-17-35)36-18-13-19-37(32-36)56-45-23-10-7-21-42(45)51-47(56)29-27-40-41-28-30-48-52(54(41)59-53(40)51)43-22-8-11-24-46(43)57(48)38-26-31-50-44(33-38)39-20-9-12-25-49(39)58-50/h1-33H. The highest BCUT2D eigenvalue weighted by Gasteiger charge is 2.23. The first kappa shape index (κ1) is 32.1. The van der Waals surface area contributed by atoms with Gasteiger partial charge in [0.15, 0.2) is 0 Å². The van der Waals surface area contributed by atoms with Gasteiger partial charge in [0.25, 0.3) is 0 Å². The summed E-state index contributed by atoms with van der Waals surface area (Å²) in [4.78, 5) is 2.31. The number of benzene rings is 9. The molecule has 0 aliphatic carbocycles. The SMILES string of the molecule is c1ccc(N(c2ccccc2)c2cccc(-n3c4ccccc4c4c5oc6c(ccc7c6c6ccccc6n7-c6ccc7oc8ccccc8c7c6)c5ccc43)c2)cc1. The van der Waals surface area contributed by atoms with Gasteiger partial charge in [-0.25, -0.2) is 0 Å². The third kappa shape index (κ3) is 4.61. The summed E-state index contributed by atoms with van der Waals surface area (Å²) in [5, 5.41) is 8.95. The topological polar surface area (TPSA) is 39.4 Å². The number of rotatable bonds is 5. The number of nitrogens with zero attached hydrogens (tertiary/aromatic N) is 3. The fraction of sp³-hybridized carbons (Fsp3) is 0. The van der Waals surface area contributed by atoms with Gasteiger partial charge in [0.05, 0.1) is 32.8 Å². The van der Waals surface area contributed by atoms with Crippen molar-refractivity contribution in [1.29, 1.82) is 0 Å². The van der Waals surface area contributed by atoms with Crippen molar-refractivity contribution >= 4 is 105 Å². The zero-order valence-corrected chi connectivity index (χ0v) is 31.7. The van der Waals surface area contributed by atoms with Crippen LogP contribution in [0.1, 0.15) is 0 Å². The maximum Gasteiger partial charge on any atom is 0.145 e. The summed E-state index contributed by atoms with van der Waals surface area (Å²) in [6, 6.07) is 71.1. The first-order valence-electron chi connectivity index (χ1n) is 20.0. The van der Waals surface area contributed by atoms with Crippen LogP contribution >= 0.6 is 0 Å². The van der Waals surface area contributed by atoms with E-state index in [0.717, 1.165) is 116 Å². The van der Waals surface area contributed by atoms with E-state index in [4.69, 9.17) is 8.83 Å². The monoisotopic (exact) mass is 755 g/mol. The number of hydrogen-bond acceptors (Lipinski definition) is 3. The lowest BCUT2D eigenvalue weighted by Crippen LogP contribution is -2.10. The van der Waals surface area contributed by atoms with E-state index in [1.54, 1.807) is 0 Å². The molecule has 0 saturated carbocycles. The average molecular weight is 756 g/mol. The molecule has 276 valence electrons. The molecule has 13 aromatic rings. The van der Waals surface area contributed by atoms with Gasteiger partial charge in [-0.15, -0.1) is 0 Å². The van der Waals surface area contributed by atoms with Gasteiger partial charge in [0.1, 0.15) is 22.3 Å². The van der Waals surface area contributed by atoms with Crippen LogP contribution in [-0.4, -0.2) is 9.13 Å². The largest absolute Gasteiger partial charge is 0.456 e. The van der Waals surface area contributed by atoms with Crippen molar-refractivity contribution in [3.63, 3.8) is 0 Å². The van der Waals surface area contributed by atoms with E-state index in [9.17, 15) is 0 Å². The molecule has 5 nitrogen and oxygen atoms in total. The summed E-state index contributed by atoms with van der Waals surface area (Å²) in [7, 11) is 0. The minimum absolute atomic E-state index is 0.884. The zero-order valence-electron chi connectivity index (χ0n) is 31.7. The Morgan fingerprint density at radius 2 is 0.814 bits per heavy atom. The van der Waals surface area contributed by atoms with Gasteiger partial charge in [-0.3, -0.25) is 0 Å². The second-order valence-corrected chi connectivity index (χ2v) is 15.3. The highest BCUT2D eigenvalue weighted by atomic mass is 16.3. The fourth-order valence-electron chi connectivity index (χ4n) is 9.58. The lowest BCUT2D eigenvalue weighted by molar-refractivity contribution is 0.669. The maximum atomic E-state index is 7.24. The third-order valence-corrected chi connectivity index (χ3v) is 12.1. The van der Waals surface area contributed by atoms with E-state index >= 15 is 0 Å². The van der Waals surface area contributed by atoms with Crippen molar-refractivity contribution in [1.82, 2.24) is 9.13 Å². The number of anilines is 3. The van der Waals surface area contributed by atoms with Crippen molar-refractivity contribution in [3.8, 4) is 11.4 Å². The smallest absolute Gasteiger partial charge is 0.145 e. The number of fused-ring (bicyclic) bond motifs is 14. The van der Waals surface area contributed by atoms with Gasteiger partial charge >= 0.3 is 0 Å². The molecule has 0 atom stereocenters. The molecule has 0 unspecified atom stereocenters. The number of aromatic nitrogens is 2. The van der Waals surface area contributed by atoms with E-state index in [1.807, 2.05) is 12.1 Å². The normalized spacial score (nSPS) is 12.1. The van der Waals surface area contributed by atoms with Crippen LogP contribution in [0.2, 0.25) is 0 Å². The summed E-state index contributed by atoms with van der Waals surface area (Å²) in [6.07, 6.45) is 0. The van der Waals surface area contributed by atoms with E-state index in [-0.39, 0.29) is 0 Å². The molecule has 0 saturated heterocycles. The van der Waals surface area contributed by atoms with Crippen LogP contribution in [0.15, 0.2) is 209 Å². The van der Waals surface area contributed by atoms with Crippen molar-refractivity contribution in [2.24, 2.45) is 0 Å². The van der Waals surface area contributed by atoms with Gasteiger partial charge in [0.2, 0.25) is 0 Å². The Hall–Kier alpha value is -8.02. The number of furan rings is 2. The fourth-order valence-corrected chi connectivity index (χ4v) is 9.58. The first-order chi connectivity index (χ1) is 29.3. The molecule has 0 amide bonds. The van der Waals surface area contributed by atoms with Gasteiger partial charge in [-0.1, -0.05) is 97.1 Å². The molecule has 5 heteroatoms. The van der Waals surface area contributed by atoms with E-state index in [1.165, 1.54) is 0 Å². The van der Waals surface area contributed by atoms with Gasteiger partial charge < -0.3 is 22.9 Å². The Kier molecular flexibility index (Phi) is 6.66. The molecule has 0 aliphatic heterocycles. The Balaban J connectivity index is 1.05. The Morgan fingerprint density at radius 1 is 0.305 bits per heavy atom. The minimum atomic E-state index is 0.884. The zero-order chi connectivity index (χ0) is 38.6. The van der Waals surface area contributed by atoms with Crippen LogP contribution in [0, 0.1) is 0 Å². The molecule has 0 radical (unpaired) electrons. The van der Waals surface area contributed by atoms with Crippen molar-refractivity contribution < 1.29 is 8.83 Å². The Labute approximate surface area is 337 Å². The van der Waals surface area contributed by atoms with E-state index < -0.39 is 0 Å². The van der Waals surface area contributed by atoms with Crippen LogP contribution in [0.4, 0.5) is 17.1 Å². The number of para-hydroxylation sites is 5. The molecular formula is C54H33N3O2. The van der Waals surface area contributed by atoms with Crippen molar-refractivity contribution in [2.75, 3.05) is 4.90 Å². The number of hydrogen-bond donors (Lipinski definition) is 0. The molecule has 0 fully saturated rings. The summed E-state index contributed by atoms with van der Waals surface area (Å²) in [5.74, 6) is 0.